The molecule has 0 radical (unpaired) electrons. The zero-order valence-corrected chi connectivity index (χ0v) is 14.7. The molecule has 7 atom stereocenters. The van der Waals surface area contributed by atoms with Crippen LogP contribution in [0.2, 0.25) is 0 Å². The van der Waals surface area contributed by atoms with Crippen LogP contribution < -0.4 is 4.90 Å². The molecule has 23 heavy (non-hydrogen) atoms. The molecule has 3 saturated carbocycles. The van der Waals surface area contributed by atoms with Gasteiger partial charge in [0, 0.05) is 23.1 Å². The highest BCUT2D eigenvalue weighted by Gasteiger charge is 2.58. The fourth-order valence-corrected chi connectivity index (χ4v) is 7.12. The summed E-state index contributed by atoms with van der Waals surface area (Å²) in [7, 11) is 0. The Morgan fingerprint density at radius 1 is 0.826 bits per heavy atom. The van der Waals surface area contributed by atoms with Gasteiger partial charge in [0.05, 0.1) is 0 Å². The van der Waals surface area contributed by atoms with Crippen LogP contribution in [-0.2, 0) is 0 Å². The van der Waals surface area contributed by atoms with Crippen LogP contribution in [0.25, 0.3) is 0 Å². The molecule has 0 bridgehead atoms. The zero-order chi connectivity index (χ0) is 15.4. The maximum Gasteiger partial charge on any atom is 0.0371 e. The van der Waals surface area contributed by atoms with Crippen LogP contribution in [-0.4, -0.2) is 17.5 Å². The Morgan fingerprint density at radius 3 is 2.52 bits per heavy atom. The van der Waals surface area contributed by atoms with Gasteiger partial charge in [-0.15, -0.1) is 11.6 Å². The molecule has 0 spiro atoms. The molecule has 0 amide bonds. The second-order valence-corrected chi connectivity index (χ2v) is 9.10. The van der Waals surface area contributed by atoms with E-state index in [1.165, 1.54) is 57.1 Å². The predicted molar refractivity (Wildman–Crippen MR) is 97.0 cm³/mol. The predicted octanol–water partition coefficient (Wildman–Crippen LogP) is 5.48. The van der Waals surface area contributed by atoms with Crippen molar-refractivity contribution < 1.29 is 0 Å². The van der Waals surface area contributed by atoms with E-state index in [0.717, 1.165) is 35.8 Å². The van der Waals surface area contributed by atoms with Crippen LogP contribution in [0.15, 0.2) is 30.3 Å². The van der Waals surface area contributed by atoms with Gasteiger partial charge in [0.1, 0.15) is 0 Å². The molecule has 1 aromatic rings. The minimum absolute atomic E-state index is 0.447. The van der Waals surface area contributed by atoms with E-state index in [4.69, 9.17) is 11.6 Å². The van der Waals surface area contributed by atoms with E-state index in [-0.39, 0.29) is 0 Å². The largest absolute Gasteiger partial charge is 0.365 e. The van der Waals surface area contributed by atoms with Gasteiger partial charge in [-0.05, 0) is 74.3 Å². The van der Waals surface area contributed by atoms with Crippen molar-refractivity contribution in [1.29, 1.82) is 0 Å². The van der Waals surface area contributed by atoms with Crippen LogP contribution in [0.1, 0.15) is 51.4 Å². The lowest BCUT2D eigenvalue weighted by molar-refractivity contribution is 0.239. The highest BCUT2D eigenvalue weighted by atomic mass is 35.5. The molecule has 1 nitrogen and oxygen atoms in total. The summed E-state index contributed by atoms with van der Waals surface area (Å²) in [5, 5.41) is 0.447. The minimum Gasteiger partial charge on any atom is -0.365 e. The van der Waals surface area contributed by atoms with Gasteiger partial charge in [0.25, 0.3) is 0 Å². The summed E-state index contributed by atoms with van der Waals surface area (Å²) in [6.07, 6.45) is 11.1. The van der Waals surface area contributed by atoms with Gasteiger partial charge >= 0.3 is 0 Å². The maximum absolute atomic E-state index is 6.52. The molecule has 1 aliphatic heterocycles. The summed E-state index contributed by atoms with van der Waals surface area (Å²) in [4.78, 5) is 2.90. The second kappa shape index (κ2) is 5.69. The molecule has 2 heteroatoms. The van der Waals surface area contributed by atoms with Crippen molar-refractivity contribution >= 4 is 17.3 Å². The number of hydrogen-bond donors (Lipinski definition) is 0. The number of fused-ring (bicyclic) bond motifs is 5. The first-order valence-electron chi connectivity index (χ1n) is 9.80. The number of rotatable bonds is 1. The Labute approximate surface area is 145 Å². The molecular weight excluding hydrogens is 302 g/mol. The lowest BCUT2D eigenvalue weighted by Crippen LogP contribution is -2.44. The van der Waals surface area contributed by atoms with Crippen LogP contribution >= 0.6 is 11.6 Å². The van der Waals surface area contributed by atoms with Crippen molar-refractivity contribution in [3.8, 4) is 0 Å². The standard InChI is InChI=1S/C21H28ClN/c22-15-10-11-17-14(12-15)13-19-18-8-4-5-9-20(18)23(21(17)19)16-6-2-1-3-7-16/h1-3,6-7,14-15,17-21H,4-5,8-13H2. The number of benzene rings is 1. The SMILES string of the molecule is ClC1CCC2C(C1)CC1C3CCCCC3N(c3ccccc3)C21. The molecule has 1 saturated heterocycles. The van der Waals surface area contributed by atoms with Crippen molar-refractivity contribution in [3.63, 3.8) is 0 Å². The van der Waals surface area contributed by atoms with Crippen LogP contribution in [0.3, 0.4) is 0 Å². The number of para-hydroxylation sites is 1. The van der Waals surface area contributed by atoms with Gasteiger partial charge in [-0.25, -0.2) is 0 Å². The molecule has 5 rings (SSSR count). The van der Waals surface area contributed by atoms with E-state index < -0.39 is 0 Å². The van der Waals surface area contributed by atoms with Gasteiger partial charge in [-0.1, -0.05) is 31.0 Å². The fourth-order valence-electron chi connectivity index (χ4n) is 6.77. The molecule has 7 unspecified atom stereocenters. The third-order valence-electron chi connectivity index (χ3n) is 7.49. The lowest BCUT2D eigenvalue weighted by atomic mass is 9.77. The van der Waals surface area contributed by atoms with E-state index in [2.05, 4.69) is 35.2 Å². The second-order valence-electron chi connectivity index (χ2n) is 8.48. The van der Waals surface area contributed by atoms with Crippen molar-refractivity contribution in [2.45, 2.75) is 68.8 Å². The topological polar surface area (TPSA) is 3.24 Å². The summed E-state index contributed by atoms with van der Waals surface area (Å²) >= 11 is 6.52. The minimum atomic E-state index is 0.447. The summed E-state index contributed by atoms with van der Waals surface area (Å²) < 4.78 is 0. The zero-order valence-electron chi connectivity index (χ0n) is 13.9. The van der Waals surface area contributed by atoms with Gasteiger partial charge in [0.2, 0.25) is 0 Å². The van der Waals surface area contributed by atoms with Crippen molar-refractivity contribution in [2.24, 2.45) is 23.7 Å². The molecule has 1 heterocycles. The average molecular weight is 330 g/mol. The molecule has 3 aliphatic carbocycles. The molecule has 4 aliphatic rings. The molecule has 0 aromatic heterocycles. The number of halogens is 1. The van der Waals surface area contributed by atoms with E-state index in [0.29, 0.717) is 5.38 Å². The lowest BCUT2D eigenvalue weighted by Gasteiger charge is -2.41. The first-order valence-corrected chi connectivity index (χ1v) is 10.2. The number of alkyl halides is 1. The van der Waals surface area contributed by atoms with E-state index in [9.17, 15) is 0 Å². The van der Waals surface area contributed by atoms with Crippen LogP contribution in [0, 0.1) is 23.7 Å². The van der Waals surface area contributed by atoms with Crippen LogP contribution in [0.4, 0.5) is 5.69 Å². The number of nitrogens with zero attached hydrogens (tertiary/aromatic N) is 1. The third-order valence-corrected chi connectivity index (χ3v) is 7.89. The Morgan fingerprint density at radius 2 is 1.65 bits per heavy atom. The van der Waals surface area contributed by atoms with Crippen molar-refractivity contribution in [3.05, 3.63) is 30.3 Å². The van der Waals surface area contributed by atoms with E-state index in [1.807, 2.05) is 0 Å². The average Bonchev–Trinajstić information content (AvgIpc) is 3.09. The van der Waals surface area contributed by atoms with Gasteiger partial charge in [-0.3, -0.25) is 0 Å². The third kappa shape index (κ3) is 2.26. The van der Waals surface area contributed by atoms with Gasteiger partial charge in [-0.2, -0.15) is 0 Å². The molecule has 1 aromatic carbocycles. The molecular formula is C21H28ClN. The van der Waals surface area contributed by atoms with Crippen molar-refractivity contribution in [1.82, 2.24) is 0 Å². The van der Waals surface area contributed by atoms with E-state index in [1.54, 1.807) is 0 Å². The highest BCUT2D eigenvalue weighted by Crippen LogP contribution is 2.58. The van der Waals surface area contributed by atoms with Crippen molar-refractivity contribution in [2.75, 3.05) is 4.90 Å². The Balaban J connectivity index is 1.53. The molecule has 0 N–H and O–H groups in total. The van der Waals surface area contributed by atoms with Crippen LogP contribution in [0.5, 0.6) is 0 Å². The van der Waals surface area contributed by atoms with E-state index >= 15 is 0 Å². The number of hydrogen-bond acceptors (Lipinski definition) is 1. The first kappa shape index (κ1) is 14.6. The summed E-state index contributed by atoms with van der Waals surface area (Å²) in [5.74, 6) is 3.70. The normalized spacial score (nSPS) is 45.4. The Kier molecular flexibility index (Phi) is 3.62. The monoisotopic (exact) mass is 329 g/mol. The quantitative estimate of drug-likeness (QED) is 0.617. The van der Waals surface area contributed by atoms with Gasteiger partial charge < -0.3 is 4.90 Å². The van der Waals surface area contributed by atoms with Gasteiger partial charge in [0.15, 0.2) is 0 Å². The Bertz CT molecular complexity index is 558. The fraction of sp³-hybridized carbons (Fsp3) is 0.714. The summed E-state index contributed by atoms with van der Waals surface area (Å²) in [5.41, 5.74) is 1.49. The summed E-state index contributed by atoms with van der Waals surface area (Å²) in [6.45, 7) is 0. The number of anilines is 1. The molecule has 124 valence electrons. The summed E-state index contributed by atoms with van der Waals surface area (Å²) in [6, 6.07) is 12.9. The first-order chi connectivity index (χ1) is 11.3. The maximum atomic E-state index is 6.52. The highest BCUT2D eigenvalue weighted by molar-refractivity contribution is 6.20. The Hall–Kier alpha value is -0.690. The molecule has 4 fully saturated rings. The smallest absolute Gasteiger partial charge is 0.0371 e.